The zero-order valence-electron chi connectivity index (χ0n) is 17.7. The number of carbonyl (C=O) groups is 2. The number of nitrogens with one attached hydrogen (secondary N) is 1. The van der Waals surface area contributed by atoms with Crippen LogP contribution in [0.4, 0.5) is 5.69 Å². The van der Waals surface area contributed by atoms with Gasteiger partial charge in [0, 0.05) is 12.1 Å². The van der Waals surface area contributed by atoms with Crippen LogP contribution < -0.4 is 5.32 Å². The van der Waals surface area contributed by atoms with Crippen molar-refractivity contribution >= 4 is 17.6 Å². The molecule has 168 valence electrons. The Kier molecular flexibility index (Phi) is 7.89. The van der Waals surface area contributed by atoms with Gasteiger partial charge >= 0.3 is 11.9 Å². The molecule has 2 rings (SSSR count). The maximum absolute atomic E-state index is 12.2. The lowest BCUT2D eigenvalue weighted by Crippen LogP contribution is -2.36. The zero-order chi connectivity index (χ0) is 23.3. The molecule has 0 bridgehead atoms. The summed E-state index contributed by atoms with van der Waals surface area (Å²) in [6.45, 7) is 6.91. The number of dihydropyridines is 1. The molecule has 1 heterocycles. The standard InChI is InChI=1S/C21H26N2O8/c1-11(2)30-9-15-18(20(24)25)17(13-6-5-7-14(8-13)23(28)29)19(21(26)27)16(22-15)10-31-12(3)4/h5-8,11-12,17,22H,9-10H2,1-4H3,(H,24,25)(H,26,27). The number of carboxylic acid groups (broad SMARTS) is 2. The number of non-ortho nitro benzene ring substituents is 1. The van der Waals surface area contributed by atoms with Crippen LogP contribution in [0.25, 0.3) is 0 Å². The monoisotopic (exact) mass is 434 g/mol. The average Bonchev–Trinajstić information content (AvgIpc) is 2.69. The van der Waals surface area contributed by atoms with Crippen molar-refractivity contribution in [2.75, 3.05) is 13.2 Å². The molecular weight excluding hydrogens is 408 g/mol. The van der Waals surface area contributed by atoms with Gasteiger partial charge in [0.25, 0.3) is 5.69 Å². The summed E-state index contributed by atoms with van der Waals surface area (Å²) in [5.41, 5.74) is -0.242. The zero-order valence-corrected chi connectivity index (χ0v) is 17.7. The maximum atomic E-state index is 12.2. The van der Waals surface area contributed by atoms with E-state index in [4.69, 9.17) is 9.47 Å². The Labute approximate surface area is 179 Å². The third-order valence-electron chi connectivity index (χ3n) is 4.53. The summed E-state index contributed by atoms with van der Waals surface area (Å²) in [4.78, 5) is 35.1. The lowest BCUT2D eigenvalue weighted by atomic mass is 9.80. The number of nitrogens with zero attached hydrogens (tertiary/aromatic N) is 1. The molecule has 0 fully saturated rings. The van der Waals surface area contributed by atoms with Crippen molar-refractivity contribution in [1.82, 2.24) is 5.32 Å². The highest BCUT2D eigenvalue weighted by molar-refractivity contribution is 5.98. The number of hydrogen-bond acceptors (Lipinski definition) is 7. The van der Waals surface area contributed by atoms with Crippen LogP contribution in [0, 0.1) is 10.1 Å². The lowest BCUT2D eigenvalue weighted by Gasteiger charge is -2.31. The van der Waals surface area contributed by atoms with E-state index < -0.39 is 22.8 Å². The minimum absolute atomic E-state index is 0.108. The van der Waals surface area contributed by atoms with E-state index in [9.17, 15) is 29.9 Å². The summed E-state index contributed by atoms with van der Waals surface area (Å²) in [6, 6.07) is 5.30. The Bertz CT molecular complexity index is 887. The first-order chi connectivity index (χ1) is 14.5. The van der Waals surface area contributed by atoms with Gasteiger partial charge in [-0.25, -0.2) is 9.59 Å². The molecule has 1 aromatic rings. The molecule has 1 aliphatic rings. The Balaban J connectivity index is 2.73. The van der Waals surface area contributed by atoms with Crippen molar-refractivity contribution in [1.29, 1.82) is 0 Å². The molecule has 31 heavy (non-hydrogen) atoms. The molecule has 10 heteroatoms. The van der Waals surface area contributed by atoms with E-state index in [2.05, 4.69) is 5.32 Å². The van der Waals surface area contributed by atoms with Crippen LogP contribution in [0.15, 0.2) is 46.8 Å². The van der Waals surface area contributed by atoms with Crippen LogP contribution in [0.3, 0.4) is 0 Å². The van der Waals surface area contributed by atoms with Gasteiger partial charge in [0.2, 0.25) is 0 Å². The second-order valence-corrected chi connectivity index (χ2v) is 7.52. The van der Waals surface area contributed by atoms with Crippen LogP contribution in [-0.2, 0) is 19.1 Å². The Hall–Kier alpha value is -3.24. The van der Waals surface area contributed by atoms with E-state index in [-0.39, 0.29) is 59.2 Å². The first kappa shape index (κ1) is 24.0. The predicted octanol–water partition coefficient (Wildman–Crippen LogP) is 2.81. The minimum Gasteiger partial charge on any atom is -0.478 e. The fourth-order valence-corrected chi connectivity index (χ4v) is 3.19. The van der Waals surface area contributed by atoms with Gasteiger partial charge in [-0.2, -0.15) is 0 Å². The second-order valence-electron chi connectivity index (χ2n) is 7.52. The fourth-order valence-electron chi connectivity index (χ4n) is 3.19. The molecule has 3 N–H and O–H groups in total. The molecule has 1 aromatic carbocycles. The van der Waals surface area contributed by atoms with Crippen molar-refractivity contribution in [3.63, 3.8) is 0 Å². The molecule has 10 nitrogen and oxygen atoms in total. The first-order valence-corrected chi connectivity index (χ1v) is 9.70. The quantitative estimate of drug-likeness (QED) is 0.373. The number of carboxylic acids is 2. The predicted molar refractivity (Wildman–Crippen MR) is 110 cm³/mol. The molecule has 0 amide bonds. The van der Waals surface area contributed by atoms with Crippen LogP contribution >= 0.6 is 0 Å². The van der Waals surface area contributed by atoms with Crippen LogP contribution in [0.1, 0.15) is 39.2 Å². The molecule has 0 atom stereocenters. The van der Waals surface area contributed by atoms with Gasteiger partial charge in [-0.15, -0.1) is 0 Å². The second kappa shape index (κ2) is 10.2. The van der Waals surface area contributed by atoms with Crippen molar-refractivity contribution in [3.05, 3.63) is 62.5 Å². The van der Waals surface area contributed by atoms with Gasteiger partial charge in [-0.1, -0.05) is 12.1 Å². The van der Waals surface area contributed by atoms with Crippen LogP contribution in [0.2, 0.25) is 0 Å². The van der Waals surface area contributed by atoms with E-state index in [1.165, 1.54) is 24.3 Å². The average molecular weight is 434 g/mol. The van der Waals surface area contributed by atoms with Gasteiger partial charge in [0.1, 0.15) is 0 Å². The van der Waals surface area contributed by atoms with Crippen LogP contribution in [-0.4, -0.2) is 52.5 Å². The smallest absolute Gasteiger partial charge is 0.334 e. The van der Waals surface area contributed by atoms with Gasteiger partial charge in [0.05, 0.1) is 58.8 Å². The van der Waals surface area contributed by atoms with E-state index in [1.54, 1.807) is 27.7 Å². The summed E-state index contributed by atoms with van der Waals surface area (Å²) < 4.78 is 11.1. The van der Waals surface area contributed by atoms with Gasteiger partial charge in [0.15, 0.2) is 0 Å². The maximum Gasteiger partial charge on any atom is 0.334 e. The third kappa shape index (κ3) is 5.89. The molecule has 0 spiro atoms. The topological polar surface area (TPSA) is 148 Å². The normalized spacial score (nSPS) is 14.9. The van der Waals surface area contributed by atoms with E-state index in [0.29, 0.717) is 0 Å². The van der Waals surface area contributed by atoms with Gasteiger partial charge in [-0.05, 0) is 33.3 Å². The molecular formula is C21H26N2O8. The number of hydrogen-bond donors (Lipinski definition) is 3. The molecule has 0 radical (unpaired) electrons. The van der Waals surface area contributed by atoms with E-state index >= 15 is 0 Å². The van der Waals surface area contributed by atoms with Gasteiger partial charge < -0.3 is 25.0 Å². The summed E-state index contributed by atoms with van der Waals surface area (Å²) >= 11 is 0. The van der Waals surface area contributed by atoms with Crippen LogP contribution in [0.5, 0.6) is 0 Å². The molecule has 0 saturated heterocycles. The third-order valence-corrected chi connectivity index (χ3v) is 4.53. The molecule has 0 saturated carbocycles. The molecule has 0 aliphatic carbocycles. The van der Waals surface area contributed by atoms with Gasteiger partial charge in [-0.3, -0.25) is 10.1 Å². The highest BCUT2D eigenvalue weighted by Gasteiger charge is 2.39. The minimum atomic E-state index is -1.35. The molecule has 0 aromatic heterocycles. The van der Waals surface area contributed by atoms with Crippen molar-refractivity contribution in [2.24, 2.45) is 0 Å². The number of nitro groups is 1. The molecule has 0 unspecified atom stereocenters. The summed E-state index contributed by atoms with van der Waals surface area (Å²) in [5, 5.41) is 34.0. The number of benzene rings is 1. The lowest BCUT2D eigenvalue weighted by molar-refractivity contribution is -0.384. The number of rotatable bonds is 10. The highest BCUT2D eigenvalue weighted by atomic mass is 16.6. The number of ether oxygens (including phenoxy) is 2. The summed E-state index contributed by atoms with van der Waals surface area (Å²) in [6.07, 6.45) is -0.415. The fraction of sp³-hybridized carbons (Fsp3) is 0.429. The summed E-state index contributed by atoms with van der Waals surface area (Å²) in [5.74, 6) is -3.96. The van der Waals surface area contributed by atoms with Crippen molar-refractivity contribution in [2.45, 2.75) is 45.8 Å². The van der Waals surface area contributed by atoms with E-state index in [1.807, 2.05) is 0 Å². The Morgan fingerprint density at radius 1 is 1.03 bits per heavy atom. The Morgan fingerprint density at radius 3 is 1.90 bits per heavy atom. The highest BCUT2D eigenvalue weighted by Crippen LogP contribution is 2.39. The SMILES string of the molecule is CC(C)OCC1=C(C(=O)O)C(c2cccc([N+](=O)[O-])c2)C(C(=O)O)=C(COC(C)C)N1. The summed E-state index contributed by atoms with van der Waals surface area (Å²) in [7, 11) is 0. The molecule has 1 aliphatic heterocycles. The van der Waals surface area contributed by atoms with Crippen molar-refractivity contribution < 1.29 is 34.2 Å². The van der Waals surface area contributed by atoms with Crippen molar-refractivity contribution in [3.8, 4) is 0 Å². The van der Waals surface area contributed by atoms with E-state index in [0.717, 1.165) is 0 Å². The Morgan fingerprint density at radius 2 is 1.52 bits per heavy atom. The number of nitro benzene ring substituents is 1. The number of aliphatic carboxylic acids is 2. The first-order valence-electron chi connectivity index (χ1n) is 9.70. The largest absolute Gasteiger partial charge is 0.478 e.